The number of aromatic nitrogens is 2. The quantitative estimate of drug-likeness (QED) is 0.923. The van der Waals surface area contributed by atoms with Crippen molar-refractivity contribution in [3.05, 3.63) is 48.1 Å². The third-order valence-electron chi connectivity index (χ3n) is 3.70. The Balaban J connectivity index is 2.15. The summed E-state index contributed by atoms with van der Waals surface area (Å²) in [6.07, 6.45) is 4.97. The van der Waals surface area contributed by atoms with E-state index in [1.807, 2.05) is 0 Å². The van der Waals surface area contributed by atoms with Gasteiger partial charge in [0.1, 0.15) is 18.0 Å². The molecule has 1 aromatic carbocycles. The van der Waals surface area contributed by atoms with E-state index in [2.05, 4.69) is 15.0 Å². The van der Waals surface area contributed by atoms with E-state index in [0.717, 1.165) is 11.8 Å². The van der Waals surface area contributed by atoms with Crippen molar-refractivity contribution < 1.29 is 8.78 Å². The fraction of sp³-hybridized carbons (Fsp3) is 0.267. The van der Waals surface area contributed by atoms with Crippen LogP contribution in [0.1, 0.15) is 18.9 Å². The molecule has 3 rings (SSSR count). The fourth-order valence-electron chi connectivity index (χ4n) is 2.50. The highest BCUT2D eigenvalue weighted by molar-refractivity contribution is 8.13. The second-order valence-corrected chi connectivity index (χ2v) is 6.38. The van der Waals surface area contributed by atoms with E-state index in [4.69, 9.17) is 5.73 Å². The molecule has 4 nitrogen and oxygen atoms in total. The normalized spacial score (nSPS) is 21.5. The molecule has 0 saturated heterocycles. The Morgan fingerprint density at radius 1 is 1.18 bits per heavy atom. The smallest absolute Gasteiger partial charge is 0.154 e. The number of halogens is 2. The van der Waals surface area contributed by atoms with Crippen LogP contribution < -0.4 is 5.73 Å². The lowest BCUT2D eigenvalue weighted by Gasteiger charge is -2.30. The minimum atomic E-state index is -0.794. The molecule has 22 heavy (non-hydrogen) atoms. The summed E-state index contributed by atoms with van der Waals surface area (Å²) in [4.78, 5) is 12.1. The van der Waals surface area contributed by atoms with Crippen LogP contribution in [0.2, 0.25) is 0 Å². The summed E-state index contributed by atoms with van der Waals surface area (Å²) in [5.41, 5.74) is 6.06. The lowest BCUT2D eigenvalue weighted by molar-refractivity contribution is 0.447. The van der Waals surface area contributed by atoms with Gasteiger partial charge < -0.3 is 5.73 Å². The SMILES string of the molecule is C[C@]1(c2cc(-c3cncnc3)c(F)cc2F)CCSC(N)=N1. The molecule has 2 heterocycles. The molecule has 0 spiro atoms. The van der Waals surface area contributed by atoms with Gasteiger partial charge in [-0.05, 0) is 19.4 Å². The first-order chi connectivity index (χ1) is 10.5. The third kappa shape index (κ3) is 2.68. The first-order valence-electron chi connectivity index (χ1n) is 6.73. The van der Waals surface area contributed by atoms with Crippen LogP contribution in [0.5, 0.6) is 0 Å². The van der Waals surface area contributed by atoms with Gasteiger partial charge in [-0.2, -0.15) is 0 Å². The van der Waals surface area contributed by atoms with Crippen molar-refractivity contribution in [1.29, 1.82) is 0 Å². The van der Waals surface area contributed by atoms with Gasteiger partial charge in [0.25, 0.3) is 0 Å². The Morgan fingerprint density at radius 2 is 1.91 bits per heavy atom. The number of nitrogens with two attached hydrogens (primary N) is 1. The number of aliphatic imine (C=N–C) groups is 1. The first kappa shape index (κ1) is 14.9. The molecule has 0 bridgehead atoms. The van der Waals surface area contributed by atoms with Crippen molar-refractivity contribution >= 4 is 16.9 Å². The number of thioether (sulfide) groups is 1. The van der Waals surface area contributed by atoms with Gasteiger partial charge in [0.2, 0.25) is 0 Å². The number of benzene rings is 1. The molecule has 0 amide bonds. The van der Waals surface area contributed by atoms with Gasteiger partial charge in [-0.15, -0.1) is 0 Å². The molecule has 1 atom stereocenters. The summed E-state index contributed by atoms with van der Waals surface area (Å²) in [6.45, 7) is 1.81. The Bertz CT molecular complexity index is 736. The van der Waals surface area contributed by atoms with Crippen LogP contribution in [0.3, 0.4) is 0 Å². The molecule has 1 aliphatic rings. The largest absolute Gasteiger partial charge is 0.379 e. The van der Waals surface area contributed by atoms with E-state index >= 15 is 0 Å². The molecule has 0 aliphatic carbocycles. The van der Waals surface area contributed by atoms with Crippen LogP contribution in [-0.2, 0) is 5.54 Å². The van der Waals surface area contributed by atoms with Crippen LogP contribution in [-0.4, -0.2) is 20.9 Å². The van der Waals surface area contributed by atoms with Crippen LogP contribution in [0.15, 0.2) is 35.8 Å². The molecule has 2 aromatic rings. The average molecular weight is 320 g/mol. The van der Waals surface area contributed by atoms with Crippen molar-refractivity contribution in [3.63, 3.8) is 0 Å². The van der Waals surface area contributed by atoms with Crippen molar-refractivity contribution in [3.8, 4) is 11.1 Å². The Hall–Kier alpha value is -2.02. The monoisotopic (exact) mass is 320 g/mol. The van der Waals surface area contributed by atoms with Gasteiger partial charge >= 0.3 is 0 Å². The van der Waals surface area contributed by atoms with E-state index in [1.165, 1.54) is 36.5 Å². The molecule has 0 unspecified atom stereocenters. The summed E-state index contributed by atoms with van der Waals surface area (Å²) >= 11 is 1.44. The molecular formula is C15H14F2N4S. The number of amidine groups is 1. The number of nitrogens with zero attached hydrogens (tertiary/aromatic N) is 3. The maximum Gasteiger partial charge on any atom is 0.154 e. The standard InChI is InChI=1S/C15H14F2N4S/c1-15(2-3-22-14(18)21-15)11-4-10(12(16)5-13(11)17)9-6-19-8-20-7-9/h4-8H,2-3H2,1H3,(H2,18,21)/t15-/m1/s1. The Labute approximate surface area is 130 Å². The van der Waals surface area contributed by atoms with E-state index in [9.17, 15) is 8.78 Å². The highest BCUT2D eigenvalue weighted by Crippen LogP contribution is 2.38. The van der Waals surface area contributed by atoms with Gasteiger partial charge in [-0.3, -0.25) is 4.99 Å². The second kappa shape index (κ2) is 5.64. The average Bonchev–Trinajstić information content (AvgIpc) is 2.47. The minimum absolute atomic E-state index is 0.255. The zero-order chi connectivity index (χ0) is 15.7. The zero-order valence-corrected chi connectivity index (χ0v) is 12.7. The van der Waals surface area contributed by atoms with Gasteiger partial charge in [0.15, 0.2) is 5.17 Å². The molecule has 114 valence electrons. The van der Waals surface area contributed by atoms with Crippen LogP contribution >= 0.6 is 11.8 Å². The van der Waals surface area contributed by atoms with E-state index in [1.54, 1.807) is 6.92 Å². The maximum absolute atomic E-state index is 14.3. The molecule has 0 radical (unpaired) electrons. The maximum atomic E-state index is 14.3. The van der Waals surface area contributed by atoms with Gasteiger partial charge in [0, 0.05) is 40.9 Å². The molecular weight excluding hydrogens is 306 g/mol. The van der Waals surface area contributed by atoms with Crippen LogP contribution in [0, 0.1) is 11.6 Å². The van der Waals surface area contributed by atoms with E-state index in [-0.39, 0.29) is 5.56 Å². The highest BCUT2D eigenvalue weighted by atomic mass is 32.2. The van der Waals surface area contributed by atoms with Gasteiger partial charge in [-0.1, -0.05) is 11.8 Å². The molecule has 1 aromatic heterocycles. The Morgan fingerprint density at radius 3 is 2.59 bits per heavy atom. The number of hydrogen-bond acceptors (Lipinski definition) is 5. The minimum Gasteiger partial charge on any atom is -0.379 e. The highest BCUT2D eigenvalue weighted by Gasteiger charge is 2.33. The summed E-state index contributed by atoms with van der Waals surface area (Å²) < 4.78 is 28.4. The molecule has 7 heteroatoms. The second-order valence-electron chi connectivity index (χ2n) is 5.26. The summed E-state index contributed by atoms with van der Waals surface area (Å²) in [5, 5.41) is 0.419. The summed E-state index contributed by atoms with van der Waals surface area (Å²) in [5.74, 6) is -0.530. The third-order valence-corrected chi connectivity index (χ3v) is 4.50. The lowest BCUT2D eigenvalue weighted by atomic mass is 9.87. The van der Waals surface area contributed by atoms with Crippen molar-refractivity contribution in [1.82, 2.24) is 9.97 Å². The zero-order valence-electron chi connectivity index (χ0n) is 11.9. The fourth-order valence-corrected chi connectivity index (χ4v) is 3.48. The molecule has 0 saturated carbocycles. The predicted octanol–water partition coefficient (Wildman–Crippen LogP) is 3.09. The van der Waals surface area contributed by atoms with E-state index < -0.39 is 17.2 Å². The predicted molar refractivity (Wildman–Crippen MR) is 83.4 cm³/mol. The molecule has 0 fully saturated rings. The van der Waals surface area contributed by atoms with Gasteiger partial charge in [0.05, 0.1) is 5.54 Å². The summed E-state index contributed by atoms with van der Waals surface area (Å²) in [6, 6.07) is 2.37. The number of hydrogen-bond donors (Lipinski definition) is 1. The van der Waals surface area contributed by atoms with Gasteiger partial charge in [-0.25, -0.2) is 18.7 Å². The lowest BCUT2D eigenvalue weighted by Crippen LogP contribution is -2.29. The van der Waals surface area contributed by atoms with Crippen LogP contribution in [0.25, 0.3) is 11.1 Å². The topological polar surface area (TPSA) is 64.2 Å². The Kier molecular flexibility index (Phi) is 3.82. The van der Waals surface area contributed by atoms with E-state index in [0.29, 0.717) is 22.7 Å². The van der Waals surface area contributed by atoms with Crippen molar-refractivity contribution in [2.24, 2.45) is 10.7 Å². The number of rotatable bonds is 2. The van der Waals surface area contributed by atoms with Crippen molar-refractivity contribution in [2.45, 2.75) is 18.9 Å². The molecule has 2 N–H and O–H groups in total. The van der Waals surface area contributed by atoms with Crippen molar-refractivity contribution in [2.75, 3.05) is 5.75 Å². The van der Waals surface area contributed by atoms with Crippen LogP contribution in [0.4, 0.5) is 8.78 Å². The first-order valence-corrected chi connectivity index (χ1v) is 7.71. The summed E-state index contributed by atoms with van der Waals surface area (Å²) in [7, 11) is 0. The molecule has 1 aliphatic heterocycles.